The van der Waals surface area contributed by atoms with Gasteiger partial charge in [0.25, 0.3) is 0 Å². The van der Waals surface area contributed by atoms with Gasteiger partial charge in [-0.15, -0.1) is 11.3 Å². The minimum Gasteiger partial charge on any atom is -0.455 e. The second-order valence-corrected chi connectivity index (χ2v) is 13.0. The van der Waals surface area contributed by atoms with Crippen LogP contribution in [-0.2, 0) is 0 Å². The summed E-state index contributed by atoms with van der Waals surface area (Å²) in [5.41, 5.74) is 7.14. The molecule has 0 radical (unpaired) electrons. The molecule has 48 heavy (non-hydrogen) atoms. The Balaban J connectivity index is 1.23. The van der Waals surface area contributed by atoms with Crippen LogP contribution in [-0.4, -0.2) is 15.0 Å². The summed E-state index contributed by atoms with van der Waals surface area (Å²) in [5.74, 6) is 1.98. The minimum absolute atomic E-state index is 0.658. The van der Waals surface area contributed by atoms with Gasteiger partial charge in [0, 0.05) is 58.6 Å². The fourth-order valence-corrected chi connectivity index (χ4v) is 8.24. The Morgan fingerprint density at radius 2 is 0.896 bits per heavy atom. The predicted octanol–water partition coefficient (Wildman–Crippen LogP) is 12.0. The quantitative estimate of drug-likeness (QED) is 0.194. The molecule has 10 rings (SSSR count). The van der Waals surface area contributed by atoms with Crippen molar-refractivity contribution in [2.75, 3.05) is 0 Å². The summed E-state index contributed by atoms with van der Waals surface area (Å²) < 4.78 is 8.81. The molecule has 0 saturated heterocycles. The fraction of sp³-hybridized carbons (Fsp3) is 0. The Hall–Kier alpha value is -6.17. The van der Waals surface area contributed by atoms with Crippen molar-refractivity contribution in [3.63, 3.8) is 0 Å². The lowest BCUT2D eigenvalue weighted by atomic mass is 9.94. The van der Waals surface area contributed by atoms with Crippen molar-refractivity contribution in [3.8, 4) is 45.3 Å². The first kappa shape index (κ1) is 27.0. The monoisotopic (exact) mass is 631 g/mol. The highest BCUT2D eigenvalue weighted by Gasteiger charge is 2.20. The third kappa shape index (κ3) is 4.18. The Kier molecular flexibility index (Phi) is 6.01. The molecule has 0 saturated carbocycles. The first-order chi connectivity index (χ1) is 23.8. The van der Waals surface area contributed by atoms with Crippen LogP contribution in [0.4, 0.5) is 0 Å². The van der Waals surface area contributed by atoms with E-state index < -0.39 is 0 Å². The summed E-state index contributed by atoms with van der Waals surface area (Å²) in [5, 5.41) is 6.96. The van der Waals surface area contributed by atoms with Crippen LogP contribution < -0.4 is 0 Å². The standard InChI is InChI=1S/C43H25N3OS/c1-3-13-26(14-4-1)41-44-42(27-15-5-2-6-16-27)46-43(45-41)34-23-12-21-32-31-20-11-22-33(39(31)48-40(32)34)35-25-36-29-18-9-10-24-37(29)47-38(36)30-19-8-7-17-28(30)35/h1-25H. The molecule has 0 atom stereocenters. The van der Waals surface area contributed by atoms with Crippen LogP contribution in [0, 0.1) is 0 Å². The largest absolute Gasteiger partial charge is 0.455 e. The summed E-state index contributed by atoms with van der Waals surface area (Å²) in [6.07, 6.45) is 0. The maximum Gasteiger partial charge on any atom is 0.165 e. The third-order valence-electron chi connectivity index (χ3n) is 9.14. The van der Waals surface area contributed by atoms with Gasteiger partial charge in [-0.2, -0.15) is 0 Å². The predicted molar refractivity (Wildman–Crippen MR) is 199 cm³/mol. The number of aromatic nitrogens is 3. The molecule has 5 heteroatoms. The van der Waals surface area contributed by atoms with E-state index in [1.54, 1.807) is 11.3 Å². The number of benzene rings is 7. The molecule has 0 spiro atoms. The molecule has 4 nitrogen and oxygen atoms in total. The first-order valence-corrected chi connectivity index (χ1v) is 16.8. The van der Waals surface area contributed by atoms with Gasteiger partial charge in [-0.25, -0.2) is 15.0 Å². The van der Waals surface area contributed by atoms with Gasteiger partial charge in [-0.1, -0.05) is 133 Å². The number of nitrogens with zero attached hydrogens (tertiary/aromatic N) is 3. The van der Waals surface area contributed by atoms with E-state index in [2.05, 4.69) is 78.9 Å². The van der Waals surface area contributed by atoms with Crippen LogP contribution in [0.5, 0.6) is 0 Å². The lowest BCUT2D eigenvalue weighted by Gasteiger charge is -2.09. The smallest absolute Gasteiger partial charge is 0.165 e. The number of hydrogen-bond donors (Lipinski definition) is 0. The van der Waals surface area contributed by atoms with Crippen LogP contribution >= 0.6 is 11.3 Å². The van der Waals surface area contributed by atoms with E-state index in [1.807, 2.05) is 72.8 Å². The van der Waals surface area contributed by atoms with Gasteiger partial charge in [0.05, 0.1) is 0 Å². The lowest BCUT2D eigenvalue weighted by Crippen LogP contribution is -2.00. The summed E-state index contributed by atoms with van der Waals surface area (Å²) >= 11 is 1.80. The van der Waals surface area contributed by atoms with Gasteiger partial charge in [0.15, 0.2) is 17.5 Å². The molecule has 0 N–H and O–H groups in total. The maximum atomic E-state index is 6.42. The van der Waals surface area contributed by atoms with E-state index >= 15 is 0 Å². The van der Waals surface area contributed by atoms with Crippen LogP contribution in [0.1, 0.15) is 0 Å². The molecule has 0 unspecified atom stereocenters. The molecular weight excluding hydrogens is 607 g/mol. The van der Waals surface area contributed by atoms with Crippen molar-refractivity contribution in [1.82, 2.24) is 15.0 Å². The number of fused-ring (bicyclic) bond motifs is 8. The summed E-state index contributed by atoms with van der Waals surface area (Å²) in [6.45, 7) is 0. The van der Waals surface area contributed by atoms with Gasteiger partial charge in [-0.3, -0.25) is 0 Å². The van der Waals surface area contributed by atoms with Crippen molar-refractivity contribution < 1.29 is 4.42 Å². The Bertz CT molecular complexity index is 2780. The molecular formula is C43H25N3OS. The average molecular weight is 632 g/mol. The zero-order chi connectivity index (χ0) is 31.6. The molecule has 3 heterocycles. The molecule has 0 aliphatic rings. The Labute approximate surface area is 279 Å². The highest BCUT2D eigenvalue weighted by molar-refractivity contribution is 7.26. The van der Waals surface area contributed by atoms with Gasteiger partial charge in [-0.05, 0) is 29.1 Å². The number of hydrogen-bond acceptors (Lipinski definition) is 5. The highest BCUT2D eigenvalue weighted by atomic mass is 32.1. The fourth-order valence-electron chi connectivity index (χ4n) is 6.91. The molecule has 0 fully saturated rings. The molecule has 10 aromatic rings. The van der Waals surface area contributed by atoms with Gasteiger partial charge in [0.1, 0.15) is 11.2 Å². The molecule has 0 amide bonds. The molecule has 0 aliphatic carbocycles. The van der Waals surface area contributed by atoms with Gasteiger partial charge >= 0.3 is 0 Å². The van der Waals surface area contributed by atoms with Crippen LogP contribution in [0.3, 0.4) is 0 Å². The van der Waals surface area contributed by atoms with Gasteiger partial charge < -0.3 is 4.42 Å². The van der Waals surface area contributed by atoms with Crippen molar-refractivity contribution in [1.29, 1.82) is 0 Å². The zero-order valence-electron chi connectivity index (χ0n) is 25.6. The van der Waals surface area contributed by atoms with Gasteiger partial charge in [0.2, 0.25) is 0 Å². The number of thiophene rings is 1. The van der Waals surface area contributed by atoms with Crippen molar-refractivity contribution >= 4 is 64.2 Å². The normalized spacial score (nSPS) is 11.8. The zero-order valence-corrected chi connectivity index (χ0v) is 26.4. The van der Waals surface area contributed by atoms with E-state index in [0.29, 0.717) is 17.5 Å². The van der Waals surface area contributed by atoms with Crippen molar-refractivity contribution in [2.45, 2.75) is 0 Å². The Morgan fingerprint density at radius 1 is 0.375 bits per heavy atom. The molecule has 3 aromatic heterocycles. The van der Waals surface area contributed by atoms with Crippen molar-refractivity contribution in [3.05, 3.63) is 152 Å². The van der Waals surface area contributed by atoms with Crippen LogP contribution in [0.2, 0.25) is 0 Å². The molecule has 224 valence electrons. The van der Waals surface area contributed by atoms with E-state index in [9.17, 15) is 0 Å². The molecule has 0 bridgehead atoms. The maximum absolute atomic E-state index is 6.42. The lowest BCUT2D eigenvalue weighted by molar-refractivity contribution is 0.672. The third-order valence-corrected chi connectivity index (χ3v) is 10.4. The topological polar surface area (TPSA) is 51.8 Å². The number of furan rings is 1. The van der Waals surface area contributed by atoms with E-state index in [0.717, 1.165) is 48.7 Å². The highest BCUT2D eigenvalue weighted by Crippen LogP contribution is 2.46. The number of rotatable bonds is 4. The van der Waals surface area contributed by atoms with E-state index in [1.165, 1.54) is 32.0 Å². The average Bonchev–Trinajstić information content (AvgIpc) is 3.74. The van der Waals surface area contributed by atoms with Crippen LogP contribution in [0.15, 0.2) is 156 Å². The van der Waals surface area contributed by atoms with Crippen LogP contribution in [0.25, 0.3) is 98.2 Å². The molecule has 0 aliphatic heterocycles. The summed E-state index contributed by atoms with van der Waals surface area (Å²) in [7, 11) is 0. The van der Waals surface area contributed by atoms with E-state index in [-0.39, 0.29) is 0 Å². The SMILES string of the molecule is c1ccc(-c2nc(-c3ccccc3)nc(-c3cccc4c3sc3c(-c5cc6c7ccccc7oc6c6ccccc56)cccc34)n2)cc1. The minimum atomic E-state index is 0.658. The Morgan fingerprint density at radius 3 is 1.58 bits per heavy atom. The molecule has 7 aromatic carbocycles. The second-order valence-electron chi connectivity index (χ2n) is 11.9. The summed E-state index contributed by atoms with van der Waals surface area (Å²) in [6, 6.07) is 52.6. The first-order valence-electron chi connectivity index (χ1n) is 15.9. The van der Waals surface area contributed by atoms with Crippen molar-refractivity contribution in [2.24, 2.45) is 0 Å². The number of para-hydroxylation sites is 1. The second kappa shape index (κ2) is 10.7. The van der Waals surface area contributed by atoms with E-state index in [4.69, 9.17) is 19.4 Å². The summed E-state index contributed by atoms with van der Waals surface area (Å²) in [4.78, 5) is 15.1.